The summed E-state index contributed by atoms with van der Waals surface area (Å²) in [6.07, 6.45) is 5.90. The van der Waals surface area contributed by atoms with Gasteiger partial charge in [-0.1, -0.05) is 18.2 Å². The molecule has 0 radical (unpaired) electrons. The van der Waals surface area contributed by atoms with Crippen molar-refractivity contribution in [1.82, 2.24) is 9.78 Å². The van der Waals surface area contributed by atoms with Crippen LogP contribution in [0.25, 0.3) is 11.8 Å². The van der Waals surface area contributed by atoms with Crippen LogP contribution in [-0.4, -0.2) is 69.5 Å². The average molecular weight is 707 g/mol. The Labute approximate surface area is 339 Å². The van der Waals surface area contributed by atoms with Gasteiger partial charge in [0.1, 0.15) is 20.2 Å². The van der Waals surface area contributed by atoms with Crippen LogP contribution in [-0.2, 0) is 29.8 Å². The van der Waals surface area contributed by atoms with Gasteiger partial charge in [0.2, 0.25) is 0 Å². The van der Waals surface area contributed by atoms with Gasteiger partial charge in [-0.05, 0) is 60.7 Å². The van der Waals surface area contributed by atoms with Gasteiger partial charge in [-0.25, -0.2) is 31.1 Å². The van der Waals surface area contributed by atoms with E-state index in [1.807, 2.05) is 0 Å². The zero-order valence-corrected chi connectivity index (χ0v) is 31.0. The SMILES string of the molecule is O=C(O)C1=NN(c2ccc(S(=O)(=O)[O-])cc2)C(=O)C1=CC=CC=Cc1c(C(=O)O)[nH]n(-c2ccc(S(=O)(=O)[O-])cc2)c1=O.[K+].[K+]. The largest absolute Gasteiger partial charge is 1.00 e. The number of aliphatic carboxylic acids is 1. The predicted molar refractivity (Wildman–Crippen MR) is 145 cm³/mol. The second-order valence-electron chi connectivity index (χ2n) is 8.44. The summed E-state index contributed by atoms with van der Waals surface area (Å²) in [4.78, 5) is 48.0. The molecule has 0 spiro atoms. The molecule has 0 saturated carbocycles. The molecular weight excluding hydrogens is 691 g/mol. The second-order valence-corrected chi connectivity index (χ2v) is 11.2. The molecule has 0 unspecified atom stereocenters. The minimum absolute atomic E-state index is 0. The number of aromatic carboxylic acids is 1. The number of nitrogens with zero attached hydrogens (tertiary/aromatic N) is 3. The number of aromatic nitrogens is 2. The average Bonchev–Trinajstić information content (AvgIpc) is 3.44. The Morgan fingerprint density at radius 2 is 1.29 bits per heavy atom. The molecule has 0 saturated heterocycles. The van der Waals surface area contributed by atoms with E-state index in [1.165, 1.54) is 18.2 Å². The maximum atomic E-state index is 12.9. The van der Waals surface area contributed by atoms with E-state index in [2.05, 4.69) is 10.2 Å². The van der Waals surface area contributed by atoms with E-state index in [9.17, 15) is 55.3 Å². The van der Waals surface area contributed by atoms with E-state index in [4.69, 9.17) is 0 Å². The van der Waals surface area contributed by atoms with Gasteiger partial charge < -0.3 is 19.3 Å². The fourth-order valence-corrected chi connectivity index (χ4v) is 4.67. The number of hydrogen-bond donors (Lipinski definition) is 3. The van der Waals surface area contributed by atoms with Crippen molar-refractivity contribution in [3.63, 3.8) is 0 Å². The molecule has 45 heavy (non-hydrogen) atoms. The molecule has 1 aliphatic rings. The number of carboxylic acids is 2. The van der Waals surface area contributed by atoms with Crippen LogP contribution >= 0.6 is 0 Å². The topological polar surface area (TPSA) is 259 Å². The van der Waals surface area contributed by atoms with Crippen molar-refractivity contribution >= 4 is 55.6 Å². The molecule has 0 bridgehead atoms. The molecule has 0 aliphatic carbocycles. The molecule has 16 nitrogen and oxygen atoms in total. The quantitative estimate of drug-likeness (QED) is 0.0816. The number of rotatable bonds is 9. The van der Waals surface area contributed by atoms with Crippen LogP contribution in [0.4, 0.5) is 5.69 Å². The van der Waals surface area contributed by atoms with E-state index >= 15 is 0 Å². The third kappa shape index (κ3) is 9.01. The number of benzene rings is 2. The predicted octanol–water partition coefficient (Wildman–Crippen LogP) is -5.34. The van der Waals surface area contributed by atoms with Crippen molar-refractivity contribution in [1.29, 1.82) is 0 Å². The maximum absolute atomic E-state index is 12.9. The molecule has 1 aliphatic heterocycles. The van der Waals surface area contributed by atoms with Crippen LogP contribution < -0.4 is 113 Å². The smallest absolute Gasteiger partial charge is 0.744 e. The van der Waals surface area contributed by atoms with E-state index in [0.717, 1.165) is 65.4 Å². The molecule has 222 valence electrons. The van der Waals surface area contributed by atoms with Gasteiger partial charge in [0, 0.05) is 0 Å². The van der Waals surface area contributed by atoms with E-state index in [0.29, 0.717) is 5.01 Å². The summed E-state index contributed by atoms with van der Waals surface area (Å²) in [5.74, 6) is -3.94. The van der Waals surface area contributed by atoms with Crippen molar-refractivity contribution in [2.75, 3.05) is 5.01 Å². The fraction of sp³-hybridized carbons (Fsp3) is 0. The normalized spacial score (nSPS) is 14.4. The van der Waals surface area contributed by atoms with Crippen molar-refractivity contribution in [3.05, 3.63) is 100 Å². The molecule has 3 aromatic rings. The van der Waals surface area contributed by atoms with Crippen LogP contribution in [0.15, 0.2) is 98.1 Å². The Morgan fingerprint density at radius 3 is 1.76 bits per heavy atom. The molecular formula is C25H16K2N4O12S2. The molecule has 1 aromatic heterocycles. The van der Waals surface area contributed by atoms with Crippen LogP contribution in [0.5, 0.6) is 0 Å². The van der Waals surface area contributed by atoms with Gasteiger partial charge in [0.25, 0.3) is 11.5 Å². The third-order valence-corrected chi connectivity index (χ3v) is 7.42. The van der Waals surface area contributed by atoms with Crippen LogP contribution in [0, 0.1) is 0 Å². The number of nitrogens with one attached hydrogen (secondary N) is 1. The fourth-order valence-electron chi connectivity index (χ4n) is 3.73. The van der Waals surface area contributed by atoms with Crippen molar-refractivity contribution in [2.45, 2.75) is 9.79 Å². The number of aromatic amines is 1. The molecule has 2 aromatic carbocycles. The Balaban J connectivity index is 0.00000353. The number of hydrazone groups is 1. The Bertz CT molecular complexity index is 2060. The summed E-state index contributed by atoms with van der Waals surface area (Å²) in [6.45, 7) is 0. The number of amides is 1. The van der Waals surface area contributed by atoms with Gasteiger partial charge in [0.15, 0.2) is 11.4 Å². The zero-order chi connectivity index (χ0) is 31.7. The third-order valence-electron chi connectivity index (χ3n) is 5.72. The molecule has 1 amide bonds. The summed E-state index contributed by atoms with van der Waals surface area (Å²) >= 11 is 0. The summed E-state index contributed by atoms with van der Waals surface area (Å²) in [7, 11) is -9.50. The summed E-state index contributed by atoms with van der Waals surface area (Å²) < 4.78 is 67.6. The standard InChI is InChI=1S/C25H18N4O12S2.2K/c30-22-18(20(24(32)33)26-28(22)14-6-10-16(11-7-14)42(36,37)38)4-2-1-3-5-19-21(25(34)35)27-29(23(19)31)15-8-12-17(13-9-15)43(39,40)41;;/h1-13,26H,(H,32,33)(H,34,35)(H,36,37,38)(H,39,40,41);;/q;2*+1/p-2. The number of anilines is 1. The Kier molecular flexibility index (Phi) is 13.5. The number of hydrogen-bond acceptors (Lipinski definition) is 11. The van der Waals surface area contributed by atoms with Crippen molar-refractivity contribution < 1.29 is 153 Å². The molecule has 0 atom stereocenters. The first-order valence-corrected chi connectivity index (χ1v) is 14.3. The molecule has 3 N–H and O–H groups in total. The van der Waals surface area contributed by atoms with Crippen LogP contribution in [0.1, 0.15) is 16.1 Å². The van der Waals surface area contributed by atoms with Gasteiger partial charge in [0.05, 0.1) is 32.3 Å². The van der Waals surface area contributed by atoms with Crippen molar-refractivity contribution in [3.8, 4) is 5.69 Å². The van der Waals surface area contributed by atoms with E-state index in [1.54, 1.807) is 0 Å². The van der Waals surface area contributed by atoms with Gasteiger partial charge in [-0.2, -0.15) is 10.1 Å². The van der Waals surface area contributed by atoms with E-state index < -0.39 is 64.8 Å². The summed E-state index contributed by atoms with van der Waals surface area (Å²) in [5, 5.41) is 25.8. The monoisotopic (exact) mass is 706 g/mol. The number of allylic oxidation sites excluding steroid dienone is 4. The van der Waals surface area contributed by atoms with Gasteiger partial charge in [-0.15, -0.1) is 0 Å². The van der Waals surface area contributed by atoms with Gasteiger partial charge in [-0.3, -0.25) is 14.7 Å². The van der Waals surface area contributed by atoms with Crippen molar-refractivity contribution in [2.24, 2.45) is 5.10 Å². The number of carbonyl (C=O) groups excluding carboxylic acids is 1. The first-order chi connectivity index (χ1) is 20.1. The minimum atomic E-state index is -4.76. The minimum Gasteiger partial charge on any atom is -0.744 e. The number of H-pyrrole nitrogens is 1. The van der Waals surface area contributed by atoms with Crippen LogP contribution in [0.3, 0.4) is 0 Å². The molecule has 0 fully saturated rings. The van der Waals surface area contributed by atoms with E-state index in [-0.39, 0.29) is 125 Å². The zero-order valence-electron chi connectivity index (χ0n) is 23.1. The Morgan fingerprint density at radius 1 is 0.778 bits per heavy atom. The first kappa shape index (κ1) is 39.0. The second kappa shape index (κ2) is 15.6. The summed E-state index contributed by atoms with van der Waals surface area (Å²) in [6, 6.07) is 8.19. The maximum Gasteiger partial charge on any atom is 1.00 e. The van der Waals surface area contributed by atoms with Crippen LogP contribution in [0.2, 0.25) is 0 Å². The number of carboxylic acid groups (broad SMARTS) is 2. The molecule has 4 rings (SSSR count). The summed E-state index contributed by atoms with van der Waals surface area (Å²) in [5.41, 5.74) is -2.66. The van der Waals surface area contributed by atoms with Gasteiger partial charge >= 0.3 is 115 Å². The Hall–Kier alpha value is -2.16. The molecule has 20 heteroatoms. The molecule has 2 heterocycles. The first-order valence-electron chi connectivity index (χ1n) is 11.5. The number of carbonyl (C=O) groups is 3.